The number of amides is 1. The molecule has 0 aliphatic heterocycles. The zero-order valence-electron chi connectivity index (χ0n) is 17.0. The first-order chi connectivity index (χ1) is 12.9. The van der Waals surface area contributed by atoms with Crippen molar-refractivity contribution in [2.75, 3.05) is 7.11 Å². The van der Waals surface area contributed by atoms with E-state index in [0.29, 0.717) is 12.3 Å². The second kappa shape index (κ2) is 10.0. The Hall–Kier alpha value is -2.49. The lowest BCUT2D eigenvalue weighted by Crippen LogP contribution is -2.40. The number of para-hydroxylation sites is 1. The highest BCUT2D eigenvalue weighted by atomic mass is 16.5. The Balaban J connectivity index is 2.13. The average Bonchev–Trinajstić information content (AvgIpc) is 2.66. The van der Waals surface area contributed by atoms with E-state index in [0.717, 1.165) is 29.0 Å². The molecule has 0 aliphatic rings. The van der Waals surface area contributed by atoms with Gasteiger partial charge >= 0.3 is 0 Å². The van der Waals surface area contributed by atoms with Gasteiger partial charge in [0.1, 0.15) is 11.5 Å². The molecule has 4 nitrogen and oxygen atoms in total. The van der Waals surface area contributed by atoms with E-state index in [1.54, 1.807) is 7.11 Å². The van der Waals surface area contributed by atoms with Crippen LogP contribution in [0.1, 0.15) is 50.8 Å². The number of nitrogens with one attached hydrogen (secondary N) is 1. The Morgan fingerprint density at radius 3 is 2.30 bits per heavy atom. The van der Waals surface area contributed by atoms with Crippen LogP contribution in [0, 0.1) is 12.8 Å². The van der Waals surface area contributed by atoms with Crippen molar-refractivity contribution in [1.82, 2.24) is 5.32 Å². The first-order valence-electron chi connectivity index (χ1n) is 9.61. The quantitative estimate of drug-likeness (QED) is 0.672. The van der Waals surface area contributed by atoms with Gasteiger partial charge in [-0.1, -0.05) is 51.1 Å². The third-order valence-corrected chi connectivity index (χ3v) is 4.57. The van der Waals surface area contributed by atoms with Gasteiger partial charge in [-0.05, 0) is 55.0 Å². The Bertz CT molecular complexity index is 725. The zero-order valence-corrected chi connectivity index (χ0v) is 17.0. The minimum Gasteiger partial charge on any atom is -0.497 e. The van der Waals surface area contributed by atoms with Crippen molar-refractivity contribution >= 4 is 5.91 Å². The van der Waals surface area contributed by atoms with Crippen LogP contribution in [0.15, 0.2) is 48.5 Å². The fraction of sp³-hybridized carbons (Fsp3) is 0.435. The van der Waals surface area contributed by atoms with Gasteiger partial charge < -0.3 is 14.8 Å². The molecule has 0 heterocycles. The first kappa shape index (κ1) is 20.8. The predicted octanol–water partition coefficient (Wildman–Crippen LogP) is 5.06. The summed E-state index contributed by atoms with van der Waals surface area (Å²) in [5.41, 5.74) is 2.10. The van der Waals surface area contributed by atoms with Gasteiger partial charge in [0.2, 0.25) is 0 Å². The van der Waals surface area contributed by atoms with Gasteiger partial charge in [0.25, 0.3) is 5.91 Å². The van der Waals surface area contributed by atoms with Crippen molar-refractivity contribution in [3.8, 4) is 11.5 Å². The molecule has 0 radical (unpaired) electrons. The second-order valence-electron chi connectivity index (χ2n) is 7.24. The molecular formula is C23H31NO3. The van der Waals surface area contributed by atoms with E-state index in [2.05, 4.69) is 19.2 Å². The van der Waals surface area contributed by atoms with E-state index in [4.69, 9.17) is 9.47 Å². The molecule has 2 rings (SSSR count). The van der Waals surface area contributed by atoms with E-state index >= 15 is 0 Å². The van der Waals surface area contributed by atoms with Gasteiger partial charge in [0.15, 0.2) is 6.10 Å². The number of rotatable bonds is 9. The fourth-order valence-electron chi connectivity index (χ4n) is 3.01. The molecule has 1 amide bonds. The molecule has 1 N–H and O–H groups in total. The topological polar surface area (TPSA) is 47.6 Å². The molecule has 0 saturated heterocycles. The normalized spacial score (nSPS) is 13.1. The number of benzene rings is 2. The minimum absolute atomic E-state index is 0.0575. The van der Waals surface area contributed by atoms with Crippen LogP contribution in [0.2, 0.25) is 0 Å². The van der Waals surface area contributed by atoms with Crippen LogP contribution in [0.25, 0.3) is 0 Å². The summed E-state index contributed by atoms with van der Waals surface area (Å²) in [4.78, 5) is 12.9. The highest BCUT2D eigenvalue weighted by Crippen LogP contribution is 2.25. The van der Waals surface area contributed by atoms with Crippen molar-refractivity contribution in [2.24, 2.45) is 5.92 Å². The number of aryl methyl sites for hydroxylation is 1. The average molecular weight is 370 g/mol. The maximum atomic E-state index is 12.9. The number of carbonyl (C=O) groups is 1. The Morgan fingerprint density at radius 1 is 1.07 bits per heavy atom. The van der Waals surface area contributed by atoms with Gasteiger partial charge in [0, 0.05) is 0 Å². The summed E-state index contributed by atoms with van der Waals surface area (Å²) in [5, 5.41) is 3.19. The third-order valence-electron chi connectivity index (χ3n) is 4.57. The lowest BCUT2D eigenvalue weighted by molar-refractivity contribution is -0.129. The minimum atomic E-state index is -0.515. The smallest absolute Gasteiger partial charge is 0.261 e. The molecule has 2 aromatic carbocycles. The monoisotopic (exact) mass is 369 g/mol. The van der Waals surface area contributed by atoms with Crippen LogP contribution in [0.3, 0.4) is 0 Å². The van der Waals surface area contributed by atoms with E-state index in [9.17, 15) is 4.79 Å². The summed E-state index contributed by atoms with van der Waals surface area (Å²) < 4.78 is 11.2. The van der Waals surface area contributed by atoms with Crippen LogP contribution < -0.4 is 14.8 Å². The molecule has 2 aromatic rings. The molecule has 0 fully saturated rings. The van der Waals surface area contributed by atoms with Gasteiger partial charge in [-0.3, -0.25) is 4.79 Å². The summed E-state index contributed by atoms with van der Waals surface area (Å²) in [7, 11) is 1.65. The van der Waals surface area contributed by atoms with Gasteiger partial charge in [0.05, 0.1) is 13.2 Å². The molecular weight excluding hydrogens is 338 g/mol. The van der Waals surface area contributed by atoms with Crippen molar-refractivity contribution in [3.63, 3.8) is 0 Å². The van der Waals surface area contributed by atoms with Crippen LogP contribution in [0.4, 0.5) is 0 Å². The Kier molecular flexibility index (Phi) is 7.71. The zero-order chi connectivity index (χ0) is 19.8. The molecule has 0 aromatic heterocycles. The van der Waals surface area contributed by atoms with Crippen LogP contribution in [0.5, 0.6) is 11.5 Å². The molecule has 0 unspecified atom stereocenters. The highest BCUT2D eigenvalue weighted by molar-refractivity contribution is 5.81. The SMILES string of the molecule is CC[C@@H](Oc1ccccc1C)C(=O)N[C@H](CC(C)C)c1ccc(OC)cc1. The largest absolute Gasteiger partial charge is 0.497 e. The van der Waals surface area contributed by atoms with Crippen molar-refractivity contribution in [1.29, 1.82) is 0 Å². The van der Waals surface area contributed by atoms with Crippen molar-refractivity contribution < 1.29 is 14.3 Å². The van der Waals surface area contributed by atoms with Gasteiger partial charge in [-0.25, -0.2) is 0 Å². The summed E-state index contributed by atoms with van der Waals surface area (Å²) in [6.07, 6.45) is 0.953. The standard InChI is InChI=1S/C23H31NO3/c1-6-21(27-22-10-8-7-9-17(22)4)23(25)24-20(15-16(2)3)18-11-13-19(26-5)14-12-18/h7-14,16,20-21H,6,15H2,1-5H3,(H,24,25)/t20-,21-/m1/s1. The lowest BCUT2D eigenvalue weighted by atomic mass is 9.96. The molecule has 0 bridgehead atoms. The lowest BCUT2D eigenvalue weighted by Gasteiger charge is -2.25. The summed E-state index contributed by atoms with van der Waals surface area (Å²) in [6, 6.07) is 15.6. The fourth-order valence-corrected chi connectivity index (χ4v) is 3.01. The number of hydrogen-bond donors (Lipinski definition) is 1. The Morgan fingerprint density at radius 2 is 1.74 bits per heavy atom. The van der Waals surface area contributed by atoms with E-state index in [1.807, 2.05) is 62.4 Å². The Labute approximate surface area is 162 Å². The molecule has 0 saturated carbocycles. The number of carbonyl (C=O) groups excluding carboxylic acids is 1. The maximum absolute atomic E-state index is 12.9. The maximum Gasteiger partial charge on any atom is 0.261 e. The molecule has 0 spiro atoms. The molecule has 146 valence electrons. The first-order valence-corrected chi connectivity index (χ1v) is 9.61. The van der Waals surface area contributed by atoms with E-state index in [1.165, 1.54) is 0 Å². The van der Waals surface area contributed by atoms with Crippen molar-refractivity contribution in [3.05, 3.63) is 59.7 Å². The van der Waals surface area contributed by atoms with Crippen LogP contribution in [-0.4, -0.2) is 19.1 Å². The summed E-state index contributed by atoms with van der Waals surface area (Å²) in [5.74, 6) is 1.93. The highest BCUT2D eigenvalue weighted by Gasteiger charge is 2.23. The molecule has 0 aliphatic carbocycles. The molecule has 2 atom stereocenters. The van der Waals surface area contributed by atoms with Gasteiger partial charge in [-0.15, -0.1) is 0 Å². The van der Waals surface area contributed by atoms with Gasteiger partial charge in [-0.2, -0.15) is 0 Å². The molecule has 27 heavy (non-hydrogen) atoms. The third kappa shape index (κ3) is 6.02. The van der Waals surface area contributed by atoms with Crippen molar-refractivity contribution in [2.45, 2.75) is 52.7 Å². The van der Waals surface area contributed by atoms with E-state index < -0.39 is 6.10 Å². The van der Waals surface area contributed by atoms with Crippen LogP contribution in [-0.2, 0) is 4.79 Å². The second-order valence-corrected chi connectivity index (χ2v) is 7.24. The van der Waals surface area contributed by atoms with E-state index in [-0.39, 0.29) is 11.9 Å². The van der Waals surface area contributed by atoms with Crippen LogP contribution >= 0.6 is 0 Å². The number of ether oxygens (including phenoxy) is 2. The predicted molar refractivity (Wildman–Crippen MR) is 109 cm³/mol. The summed E-state index contributed by atoms with van der Waals surface area (Å²) in [6.45, 7) is 8.26. The molecule has 4 heteroatoms. The number of hydrogen-bond acceptors (Lipinski definition) is 3. The summed E-state index contributed by atoms with van der Waals surface area (Å²) >= 11 is 0. The number of methoxy groups -OCH3 is 1.